The Kier molecular flexibility index (Phi) is 3.05. The molecule has 96 valence electrons. The number of aromatic nitrogens is 4. The van der Waals surface area contributed by atoms with Crippen molar-refractivity contribution in [2.75, 3.05) is 6.61 Å². The Balaban J connectivity index is 2.62. The standard InChI is InChI=1S/C11H14N4O3/c1-4-18-6-5-15-7-12-8-9(15)13(2)11(17)14(3)10(8)16/h4,7H,1,5-6H2,2-3H3/p+1. The minimum Gasteiger partial charge on any atom is -0.498 e. The number of hydrogen-bond donors (Lipinski definition) is 1. The monoisotopic (exact) mass is 251 g/mol. The van der Waals surface area contributed by atoms with Crippen LogP contribution in [0.25, 0.3) is 11.2 Å². The number of nitrogens with zero attached hydrogens (tertiary/aromatic N) is 3. The second kappa shape index (κ2) is 4.52. The molecule has 2 aromatic rings. The number of aryl methyl sites for hydroxylation is 1. The van der Waals surface area contributed by atoms with Crippen LogP contribution in [0.2, 0.25) is 0 Å². The molecule has 0 bridgehead atoms. The smallest absolute Gasteiger partial charge is 0.388 e. The summed E-state index contributed by atoms with van der Waals surface area (Å²) in [6, 6.07) is 0. The lowest BCUT2D eigenvalue weighted by Gasteiger charge is -2.02. The molecule has 0 radical (unpaired) electrons. The Morgan fingerprint density at radius 1 is 1.44 bits per heavy atom. The predicted molar refractivity (Wildman–Crippen MR) is 65.1 cm³/mol. The van der Waals surface area contributed by atoms with Gasteiger partial charge in [0.05, 0.1) is 13.3 Å². The zero-order valence-electron chi connectivity index (χ0n) is 10.3. The maximum Gasteiger partial charge on any atom is 0.388 e. The van der Waals surface area contributed by atoms with Crippen LogP contribution in [0.5, 0.6) is 0 Å². The average molecular weight is 251 g/mol. The number of ether oxygens (including phenoxy) is 1. The molecule has 0 atom stereocenters. The Hall–Kier alpha value is -2.31. The van der Waals surface area contributed by atoms with Gasteiger partial charge in [0.2, 0.25) is 5.52 Å². The molecule has 7 heteroatoms. The number of nitrogens with one attached hydrogen (secondary N) is 1. The van der Waals surface area contributed by atoms with E-state index in [0.717, 1.165) is 4.57 Å². The highest BCUT2D eigenvalue weighted by atomic mass is 16.5. The van der Waals surface area contributed by atoms with Crippen LogP contribution in [0.15, 0.2) is 28.8 Å². The van der Waals surface area contributed by atoms with Gasteiger partial charge in [-0.2, -0.15) is 0 Å². The van der Waals surface area contributed by atoms with Gasteiger partial charge in [-0.15, -0.1) is 0 Å². The van der Waals surface area contributed by atoms with Gasteiger partial charge in [0.1, 0.15) is 13.2 Å². The Morgan fingerprint density at radius 2 is 2.17 bits per heavy atom. The van der Waals surface area contributed by atoms with E-state index in [1.807, 2.05) is 0 Å². The summed E-state index contributed by atoms with van der Waals surface area (Å²) < 4.78 is 9.31. The molecule has 2 rings (SSSR count). The summed E-state index contributed by atoms with van der Waals surface area (Å²) in [5.41, 5.74) is 0.260. The molecule has 2 aromatic heterocycles. The second-order valence-corrected chi connectivity index (χ2v) is 3.91. The number of imidazole rings is 1. The van der Waals surface area contributed by atoms with Gasteiger partial charge in [-0.05, 0) is 0 Å². The molecule has 0 aliphatic carbocycles. The summed E-state index contributed by atoms with van der Waals surface area (Å²) in [6.07, 6.45) is 3.01. The van der Waals surface area contributed by atoms with Crippen molar-refractivity contribution >= 4 is 11.2 Å². The van der Waals surface area contributed by atoms with Crippen molar-refractivity contribution in [3.8, 4) is 0 Å². The highest BCUT2D eigenvalue weighted by molar-refractivity contribution is 5.65. The van der Waals surface area contributed by atoms with E-state index in [0.29, 0.717) is 24.3 Å². The molecule has 0 aromatic carbocycles. The van der Waals surface area contributed by atoms with Crippen LogP contribution < -0.4 is 15.8 Å². The third-order valence-corrected chi connectivity index (χ3v) is 2.84. The zero-order valence-corrected chi connectivity index (χ0v) is 10.3. The van der Waals surface area contributed by atoms with E-state index in [9.17, 15) is 9.59 Å². The van der Waals surface area contributed by atoms with E-state index >= 15 is 0 Å². The summed E-state index contributed by atoms with van der Waals surface area (Å²) in [4.78, 5) is 26.6. The number of fused-ring (bicyclic) bond motifs is 1. The summed E-state index contributed by atoms with van der Waals surface area (Å²) in [5.74, 6) is 0. The van der Waals surface area contributed by atoms with Crippen molar-refractivity contribution in [2.24, 2.45) is 14.1 Å². The lowest BCUT2D eigenvalue weighted by atomic mass is 10.5. The second-order valence-electron chi connectivity index (χ2n) is 3.91. The van der Waals surface area contributed by atoms with E-state index in [1.165, 1.54) is 17.9 Å². The van der Waals surface area contributed by atoms with Gasteiger partial charge in [-0.3, -0.25) is 9.78 Å². The van der Waals surface area contributed by atoms with Gasteiger partial charge in [0.25, 0.3) is 5.65 Å². The van der Waals surface area contributed by atoms with E-state index < -0.39 is 0 Å². The van der Waals surface area contributed by atoms with Crippen molar-refractivity contribution < 1.29 is 9.30 Å². The van der Waals surface area contributed by atoms with Gasteiger partial charge < -0.3 is 4.74 Å². The van der Waals surface area contributed by atoms with E-state index in [1.54, 1.807) is 17.9 Å². The largest absolute Gasteiger partial charge is 0.498 e. The molecule has 0 aliphatic heterocycles. The van der Waals surface area contributed by atoms with E-state index in [2.05, 4.69) is 11.6 Å². The van der Waals surface area contributed by atoms with Crippen LogP contribution >= 0.6 is 0 Å². The Bertz CT molecular complexity index is 707. The summed E-state index contributed by atoms with van der Waals surface area (Å²) in [7, 11) is 3.08. The summed E-state index contributed by atoms with van der Waals surface area (Å²) in [5, 5.41) is 0. The normalized spacial score (nSPS) is 10.8. The fraction of sp³-hybridized carbons (Fsp3) is 0.364. The molecule has 0 amide bonds. The molecule has 0 aliphatic rings. The van der Waals surface area contributed by atoms with E-state index in [4.69, 9.17) is 4.74 Å². The first-order valence-electron chi connectivity index (χ1n) is 5.47. The van der Waals surface area contributed by atoms with Gasteiger partial charge >= 0.3 is 11.2 Å². The van der Waals surface area contributed by atoms with Crippen molar-refractivity contribution in [2.45, 2.75) is 6.54 Å². The highest BCUT2D eigenvalue weighted by Gasteiger charge is 2.19. The first kappa shape index (κ1) is 12.2. The molecule has 7 nitrogen and oxygen atoms in total. The zero-order chi connectivity index (χ0) is 13.3. The predicted octanol–water partition coefficient (Wildman–Crippen LogP) is -0.987. The number of H-pyrrole nitrogens is 1. The van der Waals surface area contributed by atoms with Crippen LogP contribution in [0.4, 0.5) is 0 Å². The Morgan fingerprint density at radius 3 is 2.83 bits per heavy atom. The molecule has 0 spiro atoms. The molecular formula is C11H15N4O3+. The third-order valence-electron chi connectivity index (χ3n) is 2.84. The molecule has 0 unspecified atom stereocenters. The van der Waals surface area contributed by atoms with Gasteiger partial charge in [0, 0.05) is 7.05 Å². The molecule has 1 N–H and O–H groups in total. The SMILES string of the molecule is C=COCC[n+]1c[nH]c2c(=O)n(C)c(=O)n(C)c21. The molecule has 0 fully saturated rings. The molecule has 2 heterocycles. The Labute approximate surface area is 103 Å². The van der Waals surface area contributed by atoms with Crippen LogP contribution in [0.1, 0.15) is 0 Å². The lowest BCUT2D eigenvalue weighted by Crippen LogP contribution is -2.43. The van der Waals surface area contributed by atoms with Crippen molar-refractivity contribution in [3.63, 3.8) is 0 Å². The van der Waals surface area contributed by atoms with Gasteiger partial charge in [-0.25, -0.2) is 18.5 Å². The van der Waals surface area contributed by atoms with Crippen molar-refractivity contribution in [1.29, 1.82) is 0 Å². The molecule has 18 heavy (non-hydrogen) atoms. The van der Waals surface area contributed by atoms with Crippen LogP contribution in [0.3, 0.4) is 0 Å². The quantitative estimate of drug-likeness (QED) is 0.431. The lowest BCUT2D eigenvalue weighted by molar-refractivity contribution is -0.675. The number of rotatable bonds is 4. The molecule has 0 saturated heterocycles. The van der Waals surface area contributed by atoms with Crippen molar-refractivity contribution in [1.82, 2.24) is 14.1 Å². The number of aromatic amines is 1. The van der Waals surface area contributed by atoms with Gasteiger partial charge in [0.15, 0.2) is 6.33 Å². The van der Waals surface area contributed by atoms with E-state index in [-0.39, 0.29) is 11.2 Å². The summed E-state index contributed by atoms with van der Waals surface area (Å²) >= 11 is 0. The minimum atomic E-state index is -0.356. The first-order valence-corrected chi connectivity index (χ1v) is 5.47. The van der Waals surface area contributed by atoms with Crippen LogP contribution in [-0.4, -0.2) is 20.7 Å². The third kappa shape index (κ3) is 1.73. The van der Waals surface area contributed by atoms with Gasteiger partial charge in [-0.1, -0.05) is 6.58 Å². The topological polar surface area (TPSA) is 72.9 Å². The number of hydrogen-bond acceptors (Lipinski definition) is 3. The minimum absolute atomic E-state index is 0.337. The highest BCUT2D eigenvalue weighted by Crippen LogP contribution is 1.97. The fourth-order valence-corrected chi connectivity index (χ4v) is 1.90. The first-order chi connectivity index (χ1) is 8.57. The van der Waals surface area contributed by atoms with Crippen molar-refractivity contribution in [3.05, 3.63) is 40.0 Å². The fourth-order valence-electron chi connectivity index (χ4n) is 1.90. The summed E-state index contributed by atoms with van der Waals surface area (Å²) in [6.45, 7) is 4.39. The molecular weight excluding hydrogens is 236 g/mol. The maximum atomic E-state index is 11.9. The molecule has 0 saturated carbocycles. The maximum absolute atomic E-state index is 11.9. The van der Waals surface area contributed by atoms with Crippen LogP contribution in [-0.2, 0) is 25.4 Å². The van der Waals surface area contributed by atoms with Crippen LogP contribution in [0, 0.1) is 0 Å². The average Bonchev–Trinajstić information content (AvgIpc) is 2.78.